The van der Waals surface area contributed by atoms with Gasteiger partial charge in [-0.25, -0.2) is 4.79 Å². The molecule has 2 aliphatic heterocycles. The third kappa shape index (κ3) is 2.76. The molecule has 1 amide bonds. The van der Waals surface area contributed by atoms with Gasteiger partial charge in [0, 0.05) is 18.7 Å². The monoisotopic (exact) mass is 337 g/mol. The fourth-order valence-corrected chi connectivity index (χ4v) is 3.57. The number of anilines is 1. The Morgan fingerprint density at radius 3 is 2.88 bits per heavy atom. The molecule has 2 aromatic rings. The number of benzene rings is 2. The van der Waals surface area contributed by atoms with Gasteiger partial charge in [-0.05, 0) is 48.2 Å². The van der Waals surface area contributed by atoms with Crippen molar-refractivity contribution in [3.8, 4) is 5.75 Å². The minimum Gasteiger partial charge on any atom is -0.497 e. The van der Waals surface area contributed by atoms with E-state index in [1.54, 1.807) is 24.1 Å². The number of fused-ring (bicyclic) bond motifs is 2. The molecular weight excluding hydrogens is 318 g/mol. The van der Waals surface area contributed by atoms with Crippen molar-refractivity contribution >= 4 is 17.6 Å². The normalized spacial score (nSPS) is 18.8. The third-order valence-electron chi connectivity index (χ3n) is 4.84. The van der Waals surface area contributed by atoms with Crippen LogP contribution >= 0.6 is 0 Å². The van der Waals surface area contributed by atoms with Crippen LogP contribution in [0, 0.1) is 0 Å². The molecule has 0 saturated carbocycles. The first kappa shape index (κ1) is 15.7. The fraction of sp³-hybridized carbons (Fsp3) is 0.300. The van der Waals surface area contributed by atoms with Gasteiger partial charge in [-0.3, -0.25) is 4.79 Å². The summed E-state index contributed by atoms with van der Waals surface area (Å²) in [6, 6.07) is 13.0. The van der Waals surface area contributed by atoms with Crippen LogP contribution < -0.4 is 9.64 Å². The molecule has 0 fully saturated rings. The van der Waals surface area contributed by atoms with Crippen molar-refractivity contribution in [1.29, 1.82) is 0 Å². The van der Waals surface area contributed by atoms with E-state index in [1.165, 1.54) is 0 Å². The maximum atomic E-state index is 13.0. The Balaban J connectivity index is 1.62. The maximum Gasteiger partial charge on any atom is 0.339 e. The lowest BCUT2D eigenvalue weighted by molar-refractivity contribution is -0.127. The highest BCUT2D eigenvalue weighted by molar-refractivity contribution is 6.02. The fourth-order valence-electron chi connectivity index (χ4n) is 3.57. The molecule has 0 N–H and O–H groups in total. The van der Waals surface area contributed by atoms with Gasteiger partial charge in [-0.15, -0.1) is 0 Å². The molecule has 0 aromatic heterocycles. The Kier molecular flexibility index (Phi) is 3.92. The summed E-state index contributed by atoms with van der Waals surface area (Å²) >= 11 is 0. The molecule has 0 unspecified atom stereocenters. The Bertz CT molecular complexity index is 845. The zero-order valence-electron chi connectivity index (χ0n) is 14.0. The van der Waals surface area contributed by atoms with E-state index in [0.717, 1.165) is 35.4 Å². The van der Waals surface area contributed by atoms with Crippen LogP contribution in [0.2, 0.25) is 0 Å². The minimum atomic E-state index is -0.768. The number of cyclic esters (lactones) is 1. The molecular formula is C20H19NO4. The molecule has 5 nitrogen and oxygen atoms in total. The molecule has 2 heterocycles. The molecule has 0 aliphatic carbocycles. The SMILES string of the molecule is COc1ccc2c(c1)CCCN2C(=O)[C@@H]1Cc2ccccc2C(=O)O1. The first-order valence-electron chi connectivity index (χ1n) is 8.44. The van der Waals surface area contributed by atoms with Crippen molar-refractivity contribution in [3.05, 3.63) is 59.2 Å². The third-order valence-corrected chi connectivity index (χ3v) is 4.84. The van der Waals surface area contributed by atoms with Crippen LogP contribution in [0.25, 0.3) is 0 Å². The molecule has 5 heteroatoms. The average Bonchev–Trinajstić information content (AvgIpc) is 2.66. The van der Waals surface area contributed by atoms with Crippen LogP contribution in [0.1, 0.15) is 27.9 Å². The van der Waals surface area contributed by atoms with E-state index in [4.69, 9.17) is 9.47 Å². The lowest BCUT2D eigenvalue weighted by atomic mass is 9.96. The van der Waals surface area contributed by atoms with Gasteiger partial charge in [-0.2, -0.15) is 0 Å². The minimum absolute atomic E-state index is 0.158. The summed E-state index contributed by atoms with van der Waals surface area (Å²) in [5, 5.41) is 0. The molecule has 2 aliphatic rings. The predicted molar refractivity (Wildman–Crippen MR) is 93.0 cm³/mol. The highest BCUT2D eigenvalue weighted by Gasteiger charge is 2.35. The van der Waals surface area contributed by atoms with E-state index < -0.39 is 12.1 Å². The van der Waals surface area contributed by atoms with Gasteiger partial charge in [0.1, 0.15) is 5.75 Å². The van der Waals surface area contributed by atoms with Gasteiger partial charge in [0.2, 0.25) is 0 Å². The number of hydrogen-bond donors (Lipinski definition) is 0. The summed E-state index contributed by atoms with van der Waals surface area (Å²) in [5.41, 5.74) is 3.38. The number of hydrogen-bond acceptors (Lipinski definition) is 4. The van der Waals surface area contributed by atoms with E-state index in [2.05, 4.69) is 0 Å². The number of carbonyl (C=O) groups excluding carboxylic acids is 2. The first-order valence-corrected chi connectivity index (χ1v) is 8.44. The molecule has 0 radical (unpaired) electrons. The van der Waals surface area contributed by atoms with E-state index >= 15 is 0 Å². The van der Waals surface area contributed by atoms with Crippen molar-refractivity contribution < 1.29 is 19.1 Å². The zero-order valence-corrected chi connectivity index (χ0v) is 14.0. The summed E-state index contributed by atoms with van der Waals surface area (Å²) in [7, 11) is 1.63. The van der Waals surface area contributed by atoms with E-state index in [0.29, 0.717) is 18.5 Å². The number of esters is 1. The molecule has 0 saturated heterocycles. The smallest absolute Gasteiger partial charge is 0.339 e. The summed E-state index contributed by atoms with van der Waals surface area (Å²) in [5.74, 6) is 0.201. The zero-order chi connectivity index (χ0) is 17.4. The Hall–Kier alpha value is -2.82. The van der Waals surface area contributed by atoms with Gasteiger partial charge in [0.05, 0.1) is 12.7 Å². The number of methoxy groups -OCH3 is 1. The van der Waals surface area contributed by atoms with E-state index in [-0.39, 0.29) is 5.91 Å². The number of rotatable bonds is 2. The Labute approximate surface area is 146 Å². The molecule has 128 valence electrons. The van der Waals surface area contributed by atoms with Crippen molar-refractivity contribution in [3.63, 3.8) is 0 Å². The number of nitrogens with zero attached hydrogens (tertiary/aromatic N) is 1. The Morgan fingerprint density at radius 1 is 1.20 bits per heavy atom. The lowest BCUT2D eigenvalue weighted by Gasteiger charge is -2.33. The van der Waals surface area contributed by atoms with Gasteiger partial charge in [0.25, 0.3) is 5.91 Å². The quantitative estimate of drug-likeness (QED) is 0.791. The summed E-state index contributed by atoms with van der Waals surface area (Å²) in [6.45, 7) is 0.633. The topological polar surface area (TPSA) is 55.8 Å². The average molecular weight is 337 g/mol. The lowest BCUT2D eigenvalue weighted by Crippen LogP contribution is -2.46. The molecule has 1 atom stereocenters. The van der Waals surface area contributed by atoms with Crippen molar-refractivity contribution in [1.82, 2.24) is 0 Å². The van der Waals surface area contributed by atoms with Gasteiger partial charge >= 0.3 is 5.97 Å². The number of aryl methyl sites for hydroxylation is 1. The second-order valence-corrected chi connectivity index (χ2v) is 6.34. The highest BCUT2D eigenvalue weighted by Crippen LogP contribution is 2.32. The molecule has 2 aromatic carbocycles. The summed E-state index contributed by atoms with van der Waals surface area (Å²) in [4.78, 5) is 27.0. The van der Waals surface area contributed by atoms with Crippen molar-refractivity contribution in [2.45, 2.75) is 25.4 Å². The van der Waals surface area contributed by atoms with Crippen molar-refractivity contribution in [2.75, 3.05) is 18.6 Å². The second-order valence-electron chi connectivity index (χ2n) is 6.34. The Morgan fingerprint density at radius 2 is 2.04 bits per heavy atom. The maximum absolute atomic E-state index is 13.0. The number of ether oxygens (including phenoxy) is 2. The van der Waals surface area contributed by atoms with Crippen LogP contribution in [0.5, 0.6) is 5.75 Å². The molecule has 0 spiro atoms. The van der Waals surface area contributed by atoms with Crippen LogP contribution in [-0.2, 0) is 22.4 Å². The van der Waals surface area contributed by atoms with E-state index in [9.17, 15) is 9.59 Å². The second kappa shape index (κ2) is 6.24. The van der Waals surface area contributed by atoms with Crippen LogP contribution in [-0.4, -0.2) is 31.6 Å². The number of amides is 1. The highest BCUT2D eigenvalue weighted by atomic mass is 16.5. The summed E-state index contributed by atoms with van der Waals surface area (Å²) < 4.78 is 10.7. The largest absolute Gasteiger partial charge is 0.497 e. The summed E-state index contributed by atoms with van der Waals surface area (Å²) in [6.07, 6.45) is 1.44. The predicted octanol–water partition coefficient (Wildman–Crippen LogP) is 2.76. The first-order chi connectivity index (χ1) is 12.2. The molecule has 4 rings (SSSR count). The van der Waals surface area contributed by atoms with Crippen LogP contribution in [0.15, 0.2) is 42.5 Å². The van der Waals surface area contributed by atoms with Gasteiger partial charge in [-0.1, -0.05) is 18.2 Å². The van der Waals surface area contributed by atoms with Crippen LogP contribution in [0.3, 0.4) is 0 Å². The molecule has 25 heavy (non-hydrogen) atoms. The van der Waals surface area contributed by atoms with Crippen molar-refractivity contribution in [2.24, 2.45) is 0 Å². The van der Waals surface area contributed by atoms with Gasteiger partial charge < -0.3 is 14.4 Å². The molecule has 0 bridgehead atoms. The van der Waals surface area contributed by atoms with Gasteiger partial charge in [0.15, 0.2) is 6.10 Å². The van der Waals surface area contributed by atoms with Crippen LogP contribution in [0.4, 0.5) is 5.69 Å². The number of carbonyl (C=O) groups is 2. The van der Waals surface area contributed by atoms with E-state index in [1.807, 2.05) is 30.3 Å². The standard InChI is InChI=1S/C20H19NO4/c1-24-15-8-9-17-14(11-15)6-4-10-21(17)19(22)18-12-13-5-2-3-7-16(13)20(23)25-18/h2-3,5,7-9,11,18H,4,6,10,12H2,1H3/t18-/m0/s1.